The van der Waals surface area contributed by atoms with Crippen LogP contribution in [0.3, 0.4) is 0 Å². The minimum atomic E-state index is -0.584. The molecule has 0 saturated heterocycles. The first-order valence-corrected chi connectivity index (χ1v) is 12.3. The van der Waals surface area contributed by atoms with Crippen molar-refractivity contribution in [1.29, 1.82) is 0 Å². The van der Waals surface area contributed by atoms with Crippen LogP contribution >= 0.6 is 11.8 Å². The lowest BCUT2D eigenvalue weighted by atomic mass is 9.89. The van der Waals surface area contributed by atoms with Crippen LogP contribution in [-0.2, 0) is 22.4 Å². The first-order chi connectivity index (χ1) is 15.1. The van der Waals surface area contributed by atoms with Crippen LogP contribution in [0.5, 0.6) is 5.75 Å². The van der Waals surface area contributed by atoms with Gasteiger partial charge in [-0.05, 0) is 79.9 Å². The van der Waals surface area contributed by atoms with Gasteiger partial charge < -0.3 is 15.4 Å². The average Bonchev–Trinajstić information content (AvgIpc) is 2.80. The molecule has 2 N–H and O–H groups in total. The molecule has 5 nitrogen and oxygen atoms in total. The average molecular weight is 441 g/mol. The van der Waals surface area contributed by atoms with E-state index in [0.717, 1.165) is 24.2 Å². The number of para-hydroxylation sites is 1. The third-order valence-corrected chi connectivity index (χ3v) is 6.25. The Bertz CT molecular complexity index is 872. The molecule has 0 aliphatic heterocycles. The normalized spacial score (nSPS) is 14.8. The lowest BCUT2D eigenvalue weighted by molar-refractivity contribution is -0.130. The van der Waals surface area contributed by atoms with Crippen molar-refractivity contribution in [2.75, 3.05) is 18.6 Å². The van der Waals surface area contributed by atoms with Gasteiger partial charge in [-0.25, -0.2) is 0 Å². The number of hydrogen-bond donors (Lipinski definition) is 2. The van der Waals surface area contributed by atoms with Crippen molar-refractivity contribution in [3.63, 3.8) is 0 Å². The quantitative estimate of drug-likeness (QED) is 0.585. The Labute approximate surface area is 189 Å². The van der Waals surface area contributed by atoms with Gasteiger partial charge in [0.2, 0.25) is 5.91 Å². The lowest BCUT2D eigenvalue weighted by Crippen LogP contribution is -2.48. The summed E-state index contributed by atoms with van der Waals surface area (Å²) in [6.07, 6.45) is 7.29. The monoisotopic (exact) mass is 440 g/mol. The number of fused-ring (bicyclic) bond motifs is 1. The van der Waals surface area contributed by atoms with Gasteiger partial charge in [0.05, 0.1) is 6.04 Å². The van der Waals surface area contributed by atoms with Gasteiger partial charge in [-0.1, -0.05) is 36.4 Å². The fraction of sp³-hybridized carbons (Fsp3) is 0.440. The molecule has 0 heterocycles. The second-order valence-electron chi connectivity index (χ2n) is 7.97. The fourth-order valence-corrected chi connectivity index (χ4v) is 4.30. The standard InChI is InChI=1S/C25H32N2O3S/c1-18(20-13-12-19-8-6-7-9-21(19)16-20)26-25(29)23(14-15-31-2)27-24(28)17-30-22-10-4-3-5-11-22/h3-5,10-13,16,18,23H,6-9,14-15,17H2,1-2H3,(H,26,29)(H,27,28). The van der Waals surface area contributed by atoms with Crippen molar-refractivity contribution >= 4 is 23.6 Å². The Hall–Kier alpha value is -2.47. The lowest BCUT2D eigenvalue weighted by Gasteiger charge is -2.23. The Morgan fingerprint density at radius 2 is 1.77 bits per heavy atom. The van der Waals surface area contributed by atoms with E-state index < -0.39 is 6.04 Å². The molecular formula is C25H32N2O3S. The summed E-state index contributed by atoms with van der Waals surface area (Å²) in [6, 6.07) is 15.0. The molecule has 0 bridgehead atoms. The van der Waals surface area contributed by atoms with Crippen molar-refractivity contribution in [2.45, 2.75) is 51.1 Å². The van der Waals surface area contributed by atoms with Gasteiger partial charge in [-0.3, -0.25) is 9.59 Å². The molecule has 2 amide bonds. The van der Waals surface area contributed by atoms with Gasteiger partial charge in [0.25, 0.3) is 5.91 Å². The summed E-state index contributed by atoms with van der Waals surface area (Å²) in [5.41, 5.74) is 3.93. The largest absolute Gasteiger partial charge is 0.484 e. The van der Waals surface area contributed by atoms with Crippen LogP contribution in [0.1, 0.15) is 48.9 Å². The molecule has 0 radical (unpaired) electrons. The number of amides is 2. The molecular weight excluding hydrogens is 408 g/mol. The molecule has 2 aromatic rings. The molecule has 2 unspecified atom stereocenters. The zero-order valence-electron chi connectivity index (χ0n) is 18.4. The second kappa shape index (κ2) is 11.8. The maximum absolute atomic E-state index is 13.0. The van der Waals surface area contributed by atoms with Gasteiger partial charge in [0.1, 0.15) is 11.8 Å². The number of benzene rings is 2. The maximum Gasteiger partial charge on any atom is 0.258 e. The molecule has 2 atom stereocenters. The van der Waals surface area contributed by atoms with Crippen molar-refractivity contribution in [2.24, 2.45) is 0 Å². The number of carbonyl (C=O) groups is 2. The zero-order chi connectivity index (χ0) is 22.1. The van der Waals surface area contributed by atoms with E-state index >= 15 is 0 Å². The summed E-state index contributed by atoms with van der Waals surface area (Å²) in [5.74, 6) is 0.952. The van der Waals surface area contributed by atoms with Crippen LogP contribution in [0.2, 0.25) is 0 Å². The third-order valence-electron chi connectivity index (χ3n) is 5.61. The van der Waals surface area contributed by atoms with E-state index in [1.54, 1.807) is 23.9 Å². The van der Waals surface area contributed by atoms with Crippen LogP contribution < -0.4 is 15.4 Å². The van der Waals surface area contributed by atoms with E-state index in [2.05, 4.69) is 28.8 Å². The number of ether oxygens (including phenoxy) is 1. The van der Waals surface area contributed by atoms with Gasteiger partial charge >= 0.3 is 0 Å². The molecule has 1 aliphatic carbocycles. The number of hydrogen-bond acceptors (Lipinski definition) is 4. The molecule has 3 rings (SSSR count). The van der Waals surface area contributed by atoms with Crippen LogP contribution in [0.15, 0.2) is 48.5 Å². The van der Waals surface area contributed by atoms with Gasteiger partial charge in [-0.15, -0.1) is 0 Å². The minimum Gasteiger partial charge on any atom is -0.484 e. The van der Waals surface area contributed by atoms with Crippen molar-refractivity contribution in [3.05, 3.63) is 65.2 Å². The maximum atomic E-state index is 13.0. The van der Waals surface area contributed by atoms with E-state index in [1.807, 2.05) is 31.4 Å². The highest BCUT2D eigenvalue weighted by Gasteiger charge is 2.23. The number of rotatable bonds is 10. The van der Waals surface area contributed by atoms with Gasteiger partial charge in [0, 0.05) is 0 Å². The summed E-state index contributed by atoms with van der Waals surface area (Å²) in [4.78, 5) is 25.3. The summed E-state index contributed by atoms with van der Waals surface area (Å²) < 4.78 is 5.51. The van der Waals surface area contributed by atoms with Crippen LogP contribution in [-0.4, -0.2) is 36.5 Å². The highest BCUT2D eigenvalue weighted by molar-refractivity contribution is 7.98. The van der Waals surface area contributed by atoms with E-state index in [1.165, 1.54) is 24.0 Å². The predicted octanol–water partition coefficient (Wildman–Crippen LogP) is 4.06. The third kappa shape index (κ3) is 7.03. The second-order valence-corrected chi connectivity index (χ2v) is 8.95. The van der Waals surface area contributed by atoms with E-state index in [4.69, 9.17) is 4.74 Å². The molecule has 0 saturated carbocycles. The highest BCUT2D eigenvalue weighted by Crippen LogP contribution is 2.25. The molecule has 1 aliphatic rings. The van der Waals surface area contributed by atoms with E-state index in [-0.39, 0.29) is 24.5 Å². The van der Waals surface area contributed by atoms with Crippen LogP contribution in [0.25, 0.3) is 0 Å². The Morgan fingerprint density at radius 1 is 1.03 bits per heavy atom. The molecule has 0 spiro atoms. The molecule has 166 valence electrons. The molecule has 0 fully saturated rings. The van der Waals surface area contributed by atoms with E-state index in [9.17, 15) is 9.59 Å². The van der Waals surface area contributed by atoms with Crippen molar-refractivity contribution < 1.29 is 14.3 Å². The van der Waals surface area contributed by atoms with Crippen LogP contribution in [0.4, 0.5) is 0 Å². The number of carbonyl (C=O) groups excluding carboxylic acids is 2. The Morgan fingerprint density at radius 3 is 2.52 bits per heavy atom. The fourth-order valence-electron chi connectivity index (χ4n) is 3.83. The van der Waals surface area contributed by atoms with Gasteiger partial charge in [0.15, 0.2) is 6.61 Å². The number of aryl methyl sites for hydroxylation is 2. The summed E-state index contributed by atoms with van der Waals surface area (Å²) >= 11 is 1.65. The molecule has 0 aromatic heterocycles. The first-order valence-electron chi connectivity index (χ1n) is 10.9. The Kier molecular flexibility index (Phi) is 8.83. The van der Waals surface area contributed by atoms with Crippen molar-refractivity contribution in [1.82, 2.24) is 10.6 Å². The minimum absolute atomic E-state index is 0.117. The smallest absolute Gasteiger partial charge is 0.258 e. The molecule has 6 heteroatoms. The highest BCUT2D eigenvalue weighted by atomic mass is 32.2. The van der Waals surface area contributed by atoms with Crippen molar-refractivity contribution in [3.8, 4) is 5.75 Å². The predicted molar refractivity (Wildman–Crippen MR) is 127 cm³/mol. The Balaban J connectivity index is 1.57. The van der Waals surface area contributed by atoms with Gasteiger partial charge in [-0.2, -0.15) is 11.8 Å². The SMILES string of the molecule is CSCCC(NC(=O)COc1ccccc1)C(=O)NC(C)c1ccc2c(c1)CCCC2. The summed E-state index contributed by atoms with van der Waals surface area (Å²) in [7, 11) is 0. The molecule has 2 aromatic carbocycles. The van der Waals surface area contributed by atoms with Crippen LogP contribution in [0, 0.1) is 0 Å². The summed E-state index contributed by atoms with van der Waals surface area (Å²) in [6.45, 7) is 1.88. The number of thioether (sulfide) groups is 1. The first kappa shape index (κ1) is 23.2. The number of nitrogens with one attached hydrogen (secondary N) is 2. The van der Waals surface area contributed by atoms with E-state index in [0.29, 0.717) is 12.2 Å². The zero-order valence-corrected chi connectivity index (χ0v) is 19.2. The topological polar surface area (TPSA) is 67.4 Å². The molecule has 31 heavy (non-hydrogen) atoms. The summed E-state index contributed by atoms with van der Waals surface area (Å²) in [5, 5.41) is 5.93.